The van der Waals surface area contributed by atoms with Crippen molar-refractivity contribution in [2.75, 3.05) is 6.26 Å². The number of benzene rings is 1. The highest BCUT2D eigenvalue weighted by molar-refractivity contribution is 7.90. The molecule has 2 aromatic rings. The molecule has 1 aromatic heterocycles. The van der Waals surface area contributed by atoms with E-state index in [4.69, 9.17) is 5.73 Å². The quantitative estimate of drug-likeness (QED) is 0.562. The van der Waals surface area contributed by atoms with E-state index in [2.05, 4.69) is 4.98 Å². The van der Waals surface area contributed by atoms with E-state index >= 15 is 4.39 Å². The van der Waals surface area contributed by atoms with E-state index < -0.39 is 62.5 Å². The van der Waals surface area contributed by atoms with Crippen molar-refractivity contribution in [3.63, 3.8) is 0 Å². The molecule has 13 heteroatoms. The maximum absolute atomic E-state index is 15.2. The molecule has 2 heterocycles. The number of hydrogen-bond acceptors (Lipinski definition) is 5. The predicted octanol–water partition coefficient (Wildman–Crippen LogP) is 3.43. The second-order valence-corrected chi connectivity index (χ2v) is 12.0. The van der Waals surface area contributed by atoms with Gasteiger partial charge in [0.2, 0.25) is 5.91 Å². The molecule has 4 atom stereocenters. The largest absolute Gasteiger partial charge is 0.419 e. The summed E-state index contributed by atoms with van der Waals surface area (Å²) in [7, 11) is -3.78. The number of aromatic nitrogens is 1. The number of amides is 2. The summed E-state index contributed by atoms with van der Waals surface area (Å²) in [6.45, 7) is 0. The highest BCUT2D eigenvalue weighted by Crippen LogP contribution is 2.69. The minimum absolute atomic E-state index is 0.0952. The van der Waals surface area contributed by atoms with Crippen LogP contribution < -0.4 is 5.73 Å². The smallest absolute Gasteiger partial charge is 0.368 e. The number of carbonyl (C=O) groups excluding carboxylic acids is 2. The number of nitrogens with zero attached hydrogens (tertiary/aromatic N) is 2. The summed E-state index contributed by atoms with van der Waals surface area (Å²) in [5.74, 6) is -5.89. The first-order valence-corrected chi connectivity index (χ1v) is 13.4. The van der Waals surface area contributed by atoms with Gasteiger partial charge in [0, 0.05) is 23.9 Å². The Labute approximate surface area is 208 Å². The fourth-order valence-electron chi connectivity index (χ4n) is 5.95. The van der Waals surface area contributed by atoms with Crippen molar-refractivity contribution >= 4 is 21.7 Å². The van der Waals surface area contributed by atoms with Gasteiger partial charge >= 0.3 is 6.18 Å². The van der Waals surface area contributed by atoms with Crippen LogP contribution in [0, 0.1) is 23.5 Å². The molecule has 1 saturated heterocycles. The summed E-state index contributed by atoms with van der Waals surface area (Å²) in [6.07, 6.45) is -1.43. The lowest BCUT2D eigenvalue weighted by atomic mass is 9.82. The molecule has 7 nitrogen and oxygen atoms in total. The Morgan fingerprint density at radius 3 is 2.41 bits per heavy atom. The average Bonchev–Trinajstić information content (AvgIpc) is 3.72. The molecule has 0 spiro atoms. The van der Waals surface area contributed by atoms with E-state index in [9.17, 15) is 35.6 Å². The number of fused-ring (bicyclic) bond motifs is 1. The zero-order chi connectivity index (χ0) is 27.1. The summed E-state index contributed by atoms with van der Waals surface area (Å²) in [5.41, 5.74) is 2.30. The Kier molecular flexibility index (Phi) is 5.67. The number of piperidine rings is 1. The Morgan fingerprint density at radius 2 is 1.84 bits per heavy atom. The Bertz CT molecular complexity index is 1430. The van der Waals surface area contributed by atoms with Gasteiger partial charge < -0.3 is 10.6 Å². The van der Waals surface area contributed by atoms with Crippen molar-refractivity contribution in [1.82, 2.24) is 9.88 Å². The number of likely N-dealkylation sites (tertiary alicyclic amines) is 1. The number of sulfone groups is 1. The van der Waals surface area contributed by atoms with E-state index in [0.29, 0.717) is 25.3 Å². The fraction of sp³-hybridized carbons (Fsp3) is 0.458. The normalized spacial score (nSPS) is 26.1. The zero-order valence-corrected chi connectivity index (χ0v) is 20.2. The summed E-state index contributed by atoms with van der Waals surface area (Å²) in [5, 5.41) is -0.371. The first kappa shape index (κ1) is 25.6. The van der Waals surface area contributed by atoms with Crippen LogP contribution in [0.2, 0.25) is 0 Å². The van der Waals surface area contributed by atoms with Gasteiger partial charge in [-0.2, -0.15) is 13.2 Å². The number of pyridine rings is 1. The van der Waals surface area contributed by atoms with Crippen molar-refractivity contribution in [1.29, 1.82) is 0 Å². The van der Waals surface area contributed by atoms with Crippen LogP contribution in [0.5, 0.6) is 0 Å². The van der Waals surface area contributed by atoms with Gasteiger partial charge in [-0.25, -0.2) is 22.2 Å². The minimum Gasteiger partial charge on any atom is -0.368 e. The van der Waals surface area contributed by atoms with Crippen LogP contribution in [0.1, 0.15) is 53.1 Å². The second kappa shape index (κ2) is 8.20. The number of rotatable bonds is 6. The van der Waals surface area contributed by atoms with Crippen molar-refractivity contribution in [2.45, 2.75) is 54.4 Å². The number of carbonyl (C=O) groups is 2. The Morgan fingerprint density at radius 1 is 1.16 bits per heavy atom. The van der Waals surface area contributed by atoms with E-state index in [0.717, 1.165) is 18.5 Å². The van der Waals surface area contributed by atoms with E-state index in [1.54, 1.807) is 0 Å². The summed E-state index contributed by atoms with van der Waals surface area (Å²) < 4.78 is 93.2. The van der Waals surface area contributed by atoms with Gasteiger partial charge in [0.05, 0.1) is 11.1 Å². The first-order chi connectivity index (χ1) is 17.2. The Balaban J connectivity index is 1.62. The molecule has 3 aliphatic rings. The minimum atomic E-state index is -5.09. The van der Waals surface area contributed by atoms with Crippen molar-refractivity contribution in [2.24, 2.45) is 17.6 Å². The highest BCUT2D eigenvalue weighted by Gasteiger charge is 2.73. The number of hydrogen-bond donors (Lipinski definition) is 1. The fourth-order valence-corrected chi connectivity index (χ4v) is 6.54. The van der Waals surface area contributed by atoms with Crippen LogP contribution in [-0.4, -0.2) is 48.0 Å². The molecular weight excluding hydrogens is 521 g/mol. The van der Waals surface area contributed by atoms with Crippen LogP contribution in [0.25, 0.3) is 0 Å². The summed E-state index contributed by atoms with van der Waals surface area (Å²) >= 11 is 0. The van der Waals surface area contributed by atoms with Gasteiger partial charge in [-0.15, -0.1) is 0 Å². The third kappa shape index (κ3) is 4.16. The van der Waals surface area contributed by atoms with Crippen molar-refractivity contribution < 1.29 is 40.0 Å². The van der Waals surface area contributed by atoms with Gasteiger partial charge in [0.25, 0.3) is 5.91 Å². The molecule has 1 aliphatic heterocycles. The van der Waals surface area contributed by atoms with Crippen molar-refractivity contribution in [3.05, 3.63) is 58.8 Å². The van der Waals surface area contributed by atoms with E-state index in [1.165, 1.54) is 11.0 Å². The first-order valence-electron chi connectivity index (χ1n) is 11.5. The summed E-state index contributed by atoms with van der Waals surface area (Å²) in [4.78, 5) is 31.1. The molecule has 0 bridgehead atoms. The molecule has 198 valence electrons. The number of halogens is 5. The molecule has 2 saturated carbocycles. The van der Waals surface area contributed by atoms with Crippen LogP contribution >= 0.6 is 0 Å². The van der Waals surface area contributed by atoms with Crippen LogP contribution in [-0.2, 0) is 20.8 Å². The number of alkyl halides is 3. The maximum Gasteiger partial charge on any atom is 0.419 e. The van der Waals surface area contributed by atoms with E-state index in [1.807, 2.05) is 0 Å². The molecular formula is C24H22F5N3O4S. The third-order valence-electron chi connectivity index (χ3n) is 7.66. The van der Waals surface area contributed by atoms with Gasteiger partial charge in [-0.05, 0) is 67.3 Å². The predicted molar refractivity (Wildman–Crippen MR) is 119 cm³/mol. The Hall–Kier alpha value is -3.09. The van der Waals surface area contributed by atoms with Gasteiger partial charge in [0.15, 0.2) is 14.9 Å². The van der Waals surface area contributed by atoms with Gasteiger partial charge in [-0.1, -0.05) is 0 Å². The van der Waals surface area contributed by atoms with E-state index in [-0.39, 0.29) is 40.5 Å². The summed E-state index contributed by atoms with van der Waals surface area (Å²) in [6, 6.07) is 1.89. The molecule has 0 radical (unpaired) electrons. The molecule has 5 rings (SSSR count). The monoisotopic (exact) mass is 543 g/mol. The van der Waals surface area contributed by atoms with Gasteiger partial charge in [-0.3, -0.25) is 9.59 Å². The highest BCUT2D eigenvalue weighted by atomic mass is 32.2. The third-order valence-corrected chi connectivity index (χ3v) is 8.64. The van der Waals surface area contributed by atoms with Crippen molar-refractivity contribution in [3.8, 4) is 0 Å². The molecule has 2 amide bonds. The molecule has 3 unspecified atom stereocenters. The topological polar surface area (TPSA) is 110 Å². The SMILES string of the molecule is CS(=O)(=O)c1cc(C(=O)N2C(C(N)=O)CC3CC32[C@@H](c2cc(F)c(C(F)(F)F)cc2F)C2CC2)ccn1. The molecule has 2 N–H and O–H groups in total. The number of primary amides is 1. The molecule has 3 fully saturated rings. The lowest BCUT2D eigenvalue weighted by Crippen LogP contribution is -2.53. The lowest BCUT2D eigenvalue weighted by molar-refractivity contribution is -0.140. The molecule has 2 aliphatic carbocycles. The van der Waals surface area contributed by atoms with Gasteiger partial charge in [0.1, 0.15) is 17.7 Å². The average molecular weight is 544 g/mol. The standard InChI is InChI=1S/C24H22F5N3O4S/c1-37(35,36)19-6-12(4-5-31-19)22(34)32-18(21(30)33)7-13-10-23(13,32)20(11-2-3-11)14-8-17(26)15(9-16(14)25)24(27,28)29/h4-6,8-9,11,13,18,20H,2-3,7,10H2,1H3,(H2,30,33)/t13?,18?,20-,23?/m1/s1. The van der Waals surface area contributed by atoms with Crippen LogP contribution in [0.15, 0.2) is 35.5 Å². The molecule has 37 heavy (non-hydrogen) atoms. The lowest BCUT2D eigenvalue weighted by Gasteiger charge is -2.39. The van der Waals surface area contributed by atoms with Crippen LogP contribution in [0.3, 0.4) is 0 Å². The maximum atomic E-state index is 15.2. The zero-order valence-electron chi connectivity index (χ0n) is 19.4. The van der Waals surface area contributed by atoms with Crippen LogP contribution in [0.4, 0.5) is 22.0 Å². The second-order valence-electron chi connectivity index (χ2n) is 10.0. The molecule has 1 aromatic carbocycles. The number of nitrogens with two attached hydrogens (primary N) is 1.